The zero-order valence-electron chi connectivity index (χ0n) is 14.2. The fourth-order valence-electron chi connectivity index (χ4n) is 1.96. The Morgan fingerprint density at radius 2 is 1.78 bits per heavy atom. The van der Waals surface area contributed by atoms with Gasteiger partial charge in [-0.15, -0.1) is 0 Å². The van der Waals surface area contributed by atoms with E-state index in [0.29, 0.717) is 18.5 Å². The second-order valence-electron chi connectivity index (χ2n) is 5.26. The highest BCUT2D eigenvalue weighted by atomic mass is 16.6. The first kappa shape index (κ1) is 19.7. The zero-order valence-corrected chi connectivity index (χ0v) is 14.2. The SMILES string of the molecule is Cc1oc(=O)oc1COC(=O)/C=C/C(=O)OCCCc1cc(=O)[nH]c(=O)[nH]1. The van der Waals surface area contributed by atoms with Crippen molar-refractivity contribution < 1.29 is 27.9 Å². The Hall–Kier alpha value is -3.63. The Labute approximate surface area is 150 Å². The molecule has 0 saturated heterocycles. The van der Waals surface area contributed by atoms with Crippen LogP contribution in [-0.4, -0.2) is 28.5 Å². The van der Waals surface area contributed by atoms with Crippen LogP contribution in [0.5, 0.6) is 0 Å². The molecule has 2 heterocycles. The third-order valence-electron chi connectivity index (χ3n) is 3.19. The van der Waals surface area contributed by atoms with Crippen molar-refractivity contribution in [2.45, 2.75) is 26.4 Å². The minimum Gasteiger partial charge on any atom is -0.463 e. The van der Waals surface area contributed by atoms with Gasteiger partial charge in [-0.1, -0.05) is 0 Å². The van der Waals surface area contributed by atoms with E-state index in [0.717, 1.165) is 12.2 Å². The average molecular weight is 380 g/mol. The monoisotopic (exact) mass is 380 g/mol. The Morgan fingerprint density at radius 3 is 2.41 bits per heavy atom. The molecule has 2 aromatic rings. The fourth-order valence-corrected chi connectivity index (χ4v) is 1.96. The van der Waals surface area contributed by atoms with E-state index in [-0.39, 0.29) is 24.7 Å². The molecule has 0 aliphatic rings. The highest BCUT2D eigenvalue weighted by molar-refractivity contribution is 5.91. The Kier molecular flexibility index (Phi) is 6.69. The molecule has 0 unspecified atom stereocenters. The van der Waals surface area contributed by atoms with Gasteiger partial charge in [0.25, 0.3) is 5.56 Å². The molecule has 11 nitrogen and oxygen atoms in total. The topological polar surface area (TPSA) is 162 Å². The van der Waals surface area contributed by atoms with Gasteiger partial charge in [-0.25, -0.2) is 19.2 Å². The van der Waals surface area contributed by atoms with Crippen LogP contribution >= 0.6 is 0 Å². The molecule has 2 N–H and O–H groups in total. The number of aromatic nitrogens is 2. The van der Waals surface area contributed by atoms with Crippen molar-refractivity contribution in [3.8, 4) is 0 Å². The fraction of sp³-hybridized carbons (Fsp3) is 0.312. The number of hydrogen-bond acceptors (Lipinski definition) is 9. The summed E-state index contributed by atoms with van der Waals surface area (Å²) in [5.41, 5.74) is -0.710. The Morgan fingerprint density at radius 1 is 1.07 bits per heavy atom. The number of esters is 2. The number of aromatic amines is 2. The van der Waals surface area contributed by atoms with Gasteiger partial charge in [-0.3, -0.25) is 9.78 Å². The molecular formula is C16H16N2O9. The van der Waals surface area contributed by atoms with E-state index in [1.54, 1.807) is 0 Å². The van der Waals surface area contributed by atoms with Crippen LogP contribution in [0.1, 0.15) is 23.6 Å². The van der Waals surface area contributed by atoms with Crippen LogP contribution in [0.2, 0.25) is 0 Å². The molecule has 0 saturated carbocycles. The van der Waals surface area contributed by atoms with Crippen molar-refractivity contribution in [1.29, 1.82) is 0 Å². The lowest BCUT2D eigenvalue weighted by Crippen LogP contribution is -2.23. The van der Waals surface area contributed by atoms with Crippen LogP contribution in [0.15, 0.2) is 41.4 Å². The molecule has 0 amide bonds. The molecule has 144 valence electrons. The number of carbonyl (C=O) groups is 2. The summed E-state index contributed by atoms with van der Waals surface area (Å²) in [4.78, 5) is 60.5. The predicted molar refractivity (Wildman–Crippen MR) is 87.9 cm³/mol. The molecule has 0 bridgehead atoms. The van der Waals surface area contributed by atoms with Gasteiger partial charge in [0, 0.05) is 23.9 Å². The quantitative estimate of drug-likeness (QED) is 0.355. The number of ether oxygens (including phenoxy) is 2. The maximum absolute atomic E-state index is 11.5. The molecule has 0 fully saturated rings. The maximum atomic E-state index is 11.5. The van der Waals surface area contributed by atoms with Gasteiger partial charge in [-0.2, -0.15) is 0 Å². The molecule has 0 atom stereocenters. The van der Waals surface area contributed by atoms with E-state index in [1.165, 1.54) is 13.0 Å². The zero-order chi connectivity index (χ0) is 19.8. The molecule has 0 aliphatic carbocycles. The molecule has 11 heteroatoms. The number of rotatable bonds is 8. The predicted octanol–water partition coefficient (Wildman–Crippen LogP) is -0.307. The van der Waals surface area contributed by atoms with Crippen LogP contribution < -0.4 is 17.1 Å². The van der Waals surface area contributed by atoms with Gasteiger partial charge in [0.2, 0.25) is 0 Å². The summed E-state index contributed by atoms with van der Waals surface area (Å²) in [6.07, 6.45) is 2.44. The van der Waals surface area contributed by atoms with Crippen molar-refractivity contribution in [3.05, 3.63) is 66.9 Å². The van der Waals surface area contributed by atoms with Gasteiger partial charge in [0.05, 0.1) is 6.61 Å². The summed E-state index contributed by atoms with van der Waals surface area (Å²) in [5.74, 6) is -2.24. The lowest BCUT2D eigenvalue weighted by Gasteiger charge is -2.02. The minimum atomic E-state index is -0.901. The van der Waals surface area contributed by atoms with Gasteiger partial charge >= 0.3 is 23.5 Å². The Balaban J connectivity index is 1.69. The van der Waals surface area contributed by atoms with Gasteiger partial charge in [-0.05, 0) is 19.8 Å². The van der Waals surface area contributed by atoms with Crippen molar-refractivity contribution in [2.75, 3.05) is 6.61 Å². The van der Waals surface area contributed by atoms with E-state index in [9.17, 15) is 24.0 Å². The van der Waals surface area contributed by atoms with Gasteiger partial charge in [0.1, 0.15) is 0 Å². The summed E-state index contributed by atoms with van der Waals surface area (Å²) in [5, 5.41) is 0. The number of nitrogens with one attached hydrogen (secondary N) is 2. The lowest BCUT2D eigenvalue weighted by molar-refractivity contribution is -0.141. The minimum absolute atomic E-state index is 0.0203. The molecule has 0 radical (unpaired) electrons. The van der Waals surface area contributed by atoms with E-state index in [2.05, 4.69) is 13.8 Å². The second kappa shape index (κ2) is 9.17. The van der Waals surface area contributed by atoms with Crippen molar-refractivity contribution in [1.82, 2.24) is 9.97 Å². The summed E-state index contributed by atoms with van der Waals surface area (Å²) < 4.78 is 18.9. The molecule has 2 aromatic heterocycles. The molecule has 0 aliphatic heterocycles. The Bertz CT molecular complexity index is 977. The molecule has 27 heavy (non-hydrogen) atoms. The smallest absolute Gasteiger partial charge is 0.463 e. The van der Waals surface area contributed by atoms with Crippen LogP contribution in [0.3, 0.4) is 0 Å². The van der Waals surface area contributed by atoms with Crippen molar-refractivity contribution in [2.24, 2.45) is 0 Å². The number of hydrogen-bond donors (Lipinski definition) is 2. The first-order valence-electron chi connectivity index (χ1n) is 7.77. The summed E-state index contributed by atoms with van der Waals surface area (Å²) in [6.45, 7) is 1.18. The highest BCUT2D eigenvalue weighted by Crippen LogP contribution is 2.06. The highest BCUT2D eigenvalue weighted by Gasteiger charge is 2.10. The van der Waals surface area contributed by atoms with E-state index in [1.807, 2.05) is 4.98 Å². The standard InChI is InChI=1S/C16H16N2O9/c1-9-11(27-16(23)26-9)8-25-14(21)5-4-13(20)24-6-2-3-10-7-12(19)18-15(22)17-10/h4-5,7H,2-3,6,8H2,1H3,(H2,17,18,19,22)/b5-4+. The van der Waals surface area contributed by atoms with Gasteiger partial charge < -0.3 is 23.3 Å². The third kappa shape index (κ3) is 6.65. The van der Waals surface area contributed by atoms with E-state index >= 15 is 0 Å². The molecule has 0 aromatic carbocycles. The number of carbonyl (C=O) groups excluding carboxylic acids is 2. The first-order chi connectivity index (χ1) is 12.8. The van der Waals surface area contributed by atoms with Crippen LogP contribution in [-0.2, 0) is 32.1 Å². The average Bonchev–Trinajstić information content (AvgIpc) is 2.91. The number of H-pyrrole nitrogens is 2. The summed E-state index contributed by atoms with van der Waals surface area (Å²) in [7, 11) is 0. The van der Waals surface area contributed by atoms with Crippen LogP contribution in [0, 0.1) is 6.92 Å². The van der Waals surface area contributed by atoms with E-state index in [4.69, 9.17) is 9.47 Å². The maximum Gasteiger partial charge on any atom is 0.519 e. The van der Waals surface area contributed by atoms with Crippen molar-refractivity contribution >= 4 is 11.9 Å². The second-order valence-corrected chi connectivity index (χ2v) is 5.26. The third-order valence-corrected chi connectivity index (χ3v) is 3.19. The van der Waals surface area contributed by atoms with E-state index < -0.39 is 29.0 Å². The summed E-state index contributed by atoms with van der Waals surface area (Å²) in [6, 6.07) is 1.24. The largest absolute Gasteiger partial charge is 0.519 e. The van der Waals surface area contributed by atoms with Gasteiger partial charge in [0.15, 0.2) is 18.1 Å². The van der Waals surface area contributed by atoms with Crippen LogP contribution in [0.4, 0.5) is 0 Å². The lowest BCUT2D eigenvalue weighted by atomic mass is 10.2. The van der Waals surface area contributed by atoms with Crippen LogP contribution in [0.25, 0.3) is 0 Å². The number of aryl methyl sites for hydroxylation is 2. The van der Waals surface area contributed by atoms with Crippen molar-refractivity contribution in [3.63, 3.8) is 0 Å². The summed E-state index contributed by atoms with van der Waals surface area (Å²) >= 11 is 0. The molecule has 2 rings (SSSR count). The molecular weight excluding hydrogens is 364 g/mol. The molecule has 0 spiro atoms. The first-order valence-corrected chi connectivity index (χ1v) is 7.77. The normalized spacial score (nSPS) is 10.9.